The molecule has 1 rings (SSSR count). The Morgan fingerprint density at radius 3 is 2.50 bits per heavy atom. The highest BCUT2D eigenvalue weighted by Crippen LogP contribution is 2.25. The van der Waals surface area contributed by atoms with Crippen molar-refractivity contribution in [1.82, 2.24) is 0 Å². The molecule has 0 amide bonds. The van der Waals surface area contributed by atoms with E-state index in [1.54, 1.807) is 0 Å². The highest BCUT2D eigenvalue weighted by atomic mass is 28.2. The van der Waals surface area contributed by atoms with Gasteiger partial charge in [0.25, 0.3) is 0 Å². The molecule has 0 spiro atoms. The van der Waals surface area contributed by atoms with Crippen molar-refractivity contribution in [1.29, 1.82) is 0 Å². The van der Waals surface area contributed by atoms with Crippen molar-refractivity contribution >= 4 is 10.5 Å². The van der Waals surface area contributed by atoms with Crippen molar-refractivity contribution in [3.05, 3.63) is 0 Å². The summed E-state index contributed by atoms with van der Waals surface area (Å²) in [6, 6.07) is 0. The second-order valence-corrected chi connectivity index (χ2v) is 3.86. The topological polar surface area (TPSA) is 9.23 Å². The first-order valence-electron chi connectivity index (χ1n) is 4.42. The lowest BCUT2D eigenvalue weighted by atomic mass is 9.87. The molecular formula is C8H18OSi. The minimum atomic E-state index is 0.919. The summed E-state index contributed by atoms with van der Waals surface area (Å²) in [6.07, 6.45) is 8.65. The van der Waals surface area contributed by atoms with E-state index in [0.29, 0.717) is 0 Å². The van der Waals surface area contributed by atoms with Crippen LogP contribution in [0.25, 0.3) is 0 Å². The normalized spacial score (nSPS) is 21.6. The maximum atomic E-state index is 5.18. The highest BCUT2D eigenvalue weighted by molar-refractivity contribution is 5.97. The molecule has 0 aliphatic heterocycles. The zero-order chi connectivity index (χ0) is 7.23. The second kappa shape index (κ2) is 4.91. The van der Waals surface area contributed by atoms with Gasteiger partial charge in [-0.05, 0) is 12.3 Å². The van der Waals surface area contributed by atoms with Gasteiger partial charge in [-0.15, -0.1) is 0 Å². The molecule has 0 saturated heterocycles. The summed E-state index contributed by atoms with van der Waals surface area (Å²) in [7, 11) is 0.919. The van der Waals surface area contributed by atoms with Gasteiger partial charge in [-0.1, -0.05) is 32.1 Å². The molecule has 0 atom stereocenters. The predicted molar refractivity (Wildman–Crippen MR) is 47.1 cm³/mol. The van der Waals surface area contributed by atoms with Gasteiger partial charge in [0.1, 0.15) is 10.5 Å². The molecule has 0 aromatic heterocycles. The fourth-order valence-corrected chi connectivity index (χ4v) is 2.00. The van der Waals surface area contributed by atoms with Crippen LogP contribution >= 0.6 is 0 Å². The highest BCUT2D eigenvalue weighted by Gasteiger charge is 2.11. The van der Waals surface area contributed by atoms with Crippen LogP contribution in [0.5, 0.6) is 0 Å². The van der Waals surface area contributed by atoms with Gasteiger partial charge in [0.2, 0.25) is 0 Å². The molecule has 1 aliphatic carbocycles. The molecule has 0 N–H and O–H groups in total. The van der Waals surface area contributed by atoms with Gasteiger partial charge < -0.3 is 4.43 Å². The monoisotopic (exact) mass is 158 g/mol. The first-order chi connectivity index (χ1) is 4.93. The molecule has 1 fully saturated rings. The third-order valence-electron chi connectivity index (χ3n) is 2.45. The van der Waals surface area contributed by atoms with Gasteiger partial charge in [-0.3, -0.25) is 0 Å². The van der Waals surface area contributed by atoms with Crippen molar-refractivity contribution < 1.29 is 4.43 Å². The fraction of sp³-hybridized carbons (Fsp3) is 1.00. The van der Waals surface area contributed by atoms with E-state index >= 15 is 0 Å². The molecule has 60 valence electrons. The fourth-order valence-electron chi connectivity index (χ4n) is 1.76. The molecule has 2 heteroatoms. The van der Waals surface area contributed by atoms with Gasteiger partial charge in [-0.2, -0.15) is 0 Å². The molecule has 1 aliphatic rings. The summed E-state index contributed by atoms with van der Waals surface area (Å²) in [4.78, 5) is 0. The summed E-state index contributed by atoms with van der Waals surface area (Å²) < 4.78 is 5.18. The van der Waals surface area contributed by atoms with Gasteiger partial charge in [0.05, 0.1) is 0 Å². The van der Waals surface area contributed by atoms with Crippen LogP contribution in [0, 0.1) is 5.92 Å². The van der Waals surface area contributed by atoms with Crippen molar-refractivity contribution in [2.24, 2.45) is 5.92 Å². The number of rotatable bonds is 3. The minimum absolute atomic E-state index is 0.919. The smallest absolute Gasteiger partial charge is 0.145 e. The molecule has 1 saturated carbocycles. The Morgan fingerprint density at radius 1 is 1.20 bits per heavy atom. The Balaban J connectivity index is 2.02. The minimum Gasteiger partial charge on any atom is -0.428 e. The third kappa shape index (κ3) is 2.84. The van der Waals surface area contributed by atoms with Crippen LogP contribution in [-0.2, 0) is 4.43 Å². The molecule has 0 aromatic rings. The summed E-state index contributed by atoms with van der Waals surface area (Å²) in [5.74, 6) is 1.00. The molecule has 10 heavy (non-hydrogen) atoms. The lowest BCUT2D eigenvalue weighted by molar-refractivity contribution is 0.260. The Labute approximate surface area is 66.7 Å². The molecule has 0 bridgehead atoms. The molecule has 0 radical (unpaired) electrons. The third-order valence-corrected chi connectivity index (χ3v) is 2.86. The first-order valence-corrected chi connectivity index (χ1v) is 5.24. The first kappa shape index (κ1) is 8.28. The van der Waals surface area contributed by atoms with Crippen LogP contribution in [0.3, 0.4) is 0 Å². The van der Waals surface area contributed by atoms with E-state index in [0.717, 1.165) is 23.0 Å². The van der Waals surface area contributed by atoms with E-state index in [2.05, 4.69) is 0 Å². The molecule has 0 heterocycles. The summed E-state index contributed by atoms with van der Waals surface area (Å²) in [5, 5.41) is 0. The molecule has 1 nitrogen and oxygen atoms in total. The number of hydrogen-bond acceptors (Lipinski definition) is 1. The zero-order valence-electron chi connectivity index (χ0n) is 6.94. The molecule has 0 unspecified atom stereocenters. The average Bonchev–Trinajstić information content (AvgIpc) is 2.03. The maximum absolute atomic E-state index is 5.18. The zero-order valence-corrected chi connectivity index (χ0v) is 8.94. The summed E-state index contributed by atoms with van der Waals surface area (Å²) in [6.45, 7) is 1.02. The lowest BCUT2D eigenvalue weighted by Gasteiger charge is -2.20. The van der Waals surface area contributed by atoms with Gasteiger partial charge in [0.15, 0.2) is 0 Å². The van der Waals surface area contributed by atoms with E-state index in [-0.39, 0.29) is 0 Å². The lowest BCUT2D eigenvalue weighted by Crippen LogP contribution is -2.08. The van der Waals surface area contributed by atoms with Crippen molar-refractivity contribution in [2.45, 2.75) is 38.5 Å². The maximum Gasteiger partial charge on any atom is 0.145 e. The van der Waals surface area contributed by atoms with Crippen molar-refractivity contribution in [2.75, 3.05) is 6.61 Å². The Hall–Kier alpha value is 0.177. The predicted octanol–water partition coefficient (Wildman–Crippen LogP) is 1.25. The Kier molecular flexibility index (Phi) is 4.06. The van der Waals surface area contributed by atoms with Gasteiger partial charge >= 0.3 is 0 Å². The van der Waals surface area contributed by atoms with Crippen LogP contribution in [0.1, 0.15) is 38.5 Å². The van der Waals surface area contributed by atoms with Crippen LogP contribution in [0.4, 0.5) is 0 Å². The van der Waals surface area contributed by atoms with Crippen molar-refractivity contribution in [3.8, 4) is 0 Å². The van der Waals surface area contributed by atoms with Crippen LogP contribution in [-0.4, -0.2) is 17.1 Å². The molecular weight excluding hydrogens is 140 g/mol. The van der Waals surface area contributed by atoms with Gasteiger partial charge in [0, 0.05) is 6.61 Å². The van der Waals surface area contributed by atoms with Gasteiger partial charge in [-0.25, -0.2) is 0 Å². The molecule has 0 aromatic carbocycles. The standard InChI is InChI=1S/C8H18OSi/c10-9-7-6-8-4-2-1-3-5-8/h8H,1-7H2,10H3. The summed E-state index contributed by atoms with van der Waals surface area (Å²) >= 11 is 0. The Morgan fingerprint density at radius 2 is 1.90 bits per heavy atom. The second-order valence-electron chi connectivity index (χ2n) is 3.29. The van der Waals surface area contributed by atoms with E-state index in [4.69, 9.17) is 4.43 Å². The largest absolute Gasteiger partial charge is 0.428 e. The Bertz CT molecular complexity index is 79.3. The van der Waals surface area contributed by atoms with Crippen LogP contribution < -0.4 is 0 Å². The van der Waals surface area contributed by atoms with E-state index in [1.807, 2.05) is 0 Å². The number of hydrogen-bond donors (Lipinski definition) is 0. The van der Waals surface area contributed by atoms with Crippen molar-refractivity contribution in [3.63, 3.8) is 0 Å². The van der Waals surface area contributed by atoms with E-state index in [9.17, 15) is 0 Å². The van der Waals surface area contributed by atoms with Crippen LogP contribution in [0.2, 0.25) is 0 Å². The van der Waals surface area contributed by atoms with E-state index < -0.39 is 0 Å². The quantitative estimate of drug-likeness (QED) is 0.562. The van der Waals surface area contributed by atoms with E-state index in [1.165, 1.54) is 38.5 Å². The SMILES string of the molecule is [SiH3]OCCC1CCCCC1. The summed E-state index contributed by atoms with van der Waals surface area (Å²) in [5.41, 5.74) is 0. The average molecular weight is 158 g/mol. The van der Waals surface area contributed by atoms with Crippen LogP contribution in [0.15, 0.2) is 0 Å².